The van der Waals surface area contributed by atoms with Crippen LogP contribution >= 0.6 is 0 Å². The molecule has 0 saturated carbocycles. The summed E-state index contributed by atoms with van der Waals surface area (Å²) in [6.45, 7) is 11.0. The molecule has 2 aliphatic rings. The fourth-order valence-electron chi connectivity index (χ4n) is 2.87. The highest BCUT2D eigenvalue weighted by Gasteiger charge is 2.21. The van der Waals surface area contributed by atoms with Gasteiger partial charge in [-0.3, -0.25) is 4.79 Å². The standard InChI is InChI=1S/C14H28N4O/c1-2-17-9-11-18(12-10-17)8-4-7-16-14(19)13-5-3-6-15-13/h13,15H,2-12H2,1H3,(H,16,19)/t13-/m0/s1. The monoisotopic (exact) mass is 268 g/mol. The van der Waals surface area contributed by atoms with Gasteiger partial charge in [-0.15, -0.1) is 0 Å². The van der Waals surface area contributed by atoms with Crippen molar-refractivity contribution >= 4 is 5.91 Å². The van der Waals surface area contributed by atoms with Crippen molar-refractivity contribution < 1.29 is 4.79 Å². The third-order valence-electron chi connectivity index (χ3n) is 4.24. The lowest BCUT2D eigenvalue weighted by molar-refractivity contribution is -0.122. The fourth-order valence-corrected chi connectivity index (χ4v) is 2.87. The van der Waals surface area contributed by atoms with E-state index in [0.29, 0.717) is 0 Å². The second-order valence-corrected chi connectivity index (χ2v) is 5.57. The first-order chi connectivity index (χ1) is 9.29. The van der Waals surface area contributed by atoms with Crippen LogP contribution in [-0.4, -0.2) is 74.1 Å². The molecular formula is C14H28N4O. The number of likely N-dealkylation sites (N-methyl/N-ethyl adjacent to an activating group) is 1. The quantitative estimate of drug-likeness (QED) is 0.660. The maximum absolute atomic E-state index is 11.8. The van der Waals surface area contributed by atoms with E-state index in [4.69, 9.17) is 0 Å². The number of amides is 1. The van der Waals surface area contributed by atoms with Crippen LogP contribution < -0.4 is 10.6 Å². The Bertz CT molecular complexity index is 271. The van der Waals surface area contributed by atoms with Gasteiger partial charge in [-0.25, -0.2) is 0 Å². The van der Waals surface area contributed by atoms with Crippen molar-refractivity contribution in [3.05, 3.63) is 0 Å². The molecular weight excluding hydrogens is 240 g/mol. The van der Waals surface area contributed by atoms with Gasteiger partial charge in [-0.1, -0.05) is 6.92 Å². The third kappa shape index (κ3) is 4.75. The van der Waals surface area contributed by atoms with Crippen molar-refractivity contribution in [2.45, 2.75) is 32.2 Å². The van der Waals surface area contributed by atoms with Crippen molar-refractivity contribution in [1.82, 2.24) is 20.4 Å². The lowest BCUT2D eigenvalue weighted by Gasteiger charge is -2.34. The van der Waals surface area contributed by atoms with E-state index >= 15 is 0 Å². The van der Waals surface area contributed by atoms with Crippen LogP contribution in [0.1, 0.15) is 26.2 Å². The SMILES string of the molecule is CCN1CCN(CCCNC(=O)[C@@H]2CCCN2)CC1. The van der Waals surface area contributed by atoms with Gasteiger partial charge in [-0.05, 0) is 38.9 Å². The second kappa shape index (κ2) is 7.82. The zero-order valence-corrected chi connectivity index (χ0v) is 12.2. The molecule has 0 unspecified atom stereocenters. The smallest absolute Gasteiger partial charge is 0.237 e. The molecule has 0 aliphatic carbocycles. The van der Waals surface area contributed by atoms with Crippen molar-refractivity contribution in [2.24, 2.45) is 0 Å². The average molecular weight is 268 g/mol. The molecule has 110 valence electrons. The van der Waals surface area contributed by atoms with Gasteiger partial charge in [0, 0.05) is 32.7 Å². The number of rotatable bonds is 6. The molecule has 2 fully saturated rings. The maximum Gasteiger partial charge on any atom is 0.237 e. The van der Waals surface area contributed by atoms with E-state index in [9.17, 15) is 4.79 Å². The normalized spacial score (nSPS) is 25.6. The Hall–Kier alpha value is -0.650. The third-order valence-corrected chi connectivity index (χ3v) is 4.24. The van der Waals surface area contributed by atoms with Crippen molar-refractivity contribution in [2.75, 3.05) is 52.4 Å². The Balaban J connectivity index is 1.51. The zero-order chi connectivity index (χ0) is 13.5. The Morgan fingerprint density at radius 3 is 2.63 bits per heavy atom. The summed E-state index contributed by atoms with van der Waals surface area (Å²) in [5.74, 6) is 0.188. The molecule has 2 aliphatic heterocycles. The summed E-state index contributed by atoms with van der Waals surface area (Å²) in [5, 5.41) is 6.28. The van der Waals surface area contributed by atoms with Crippen LogP contribution in [-0.2, 0) is 4.79 Å². The van der Waals surface area contributed by atoms with Crippen LogP contribution in [0.5, 0.6) is 0 Å². The molecule has 0 spiro atoms. The Morgan fingerprint density at radius 2 is 2.00 bits per heavy atom. The molecule has 0 aromatic carbocycles. The number of carbonyl (C=O) groups excluding carboxylic acids is 1. The van der Waals surface area contributed by atoms with Crippen LogP contribution in [0.4, 0.5) is 0 Å². The number of hydrogen-bond acceptors (Lipinski definition) is 4. The highest BCUT2D eigenvalue weighted by molar-refractivity contribution is 5.81. The molecule has 0 aromatic heterocycles. The minimum Gasteiger partial charge on any atom is -0.355 e. The van der Waals surface area contributed by atoms with Gasteiger partial charge in [0.15, 0.2) is 0 Å². The highest BCUT2D eigenvalue weighted by atomic mass is 16.2. The number of nitrogens with zero attached hydrogens (tertiary/aromatic N) is 2. The van der Waals surface area contributed by atoms with Gasteiger partial charge >= 0.3 is 0 Å². The van der Waals surface area contributed by atoms with Gasteiger partial charge < -0.3 is 20.4 Å². The Kier molecular flexibility index (Phi) is 6.07. The summed E-state index contributed by atoms with van der Waals surface area (Å²) in [6, 6.07) is 0.0631. The number of piperazine rings is 1. The summed E-state index contributed by atoms with van der Waals surface area (Å²) in [4.78, 5) is 16.8. The zero-order valence-electron chi connectivity index (χ0n) is 12.2. The molecule has 0 radical (unpaired) electrons. The number of carbonyl (C=O) groups is 1. The molecule has 19 heavy (non-hydrogen) atoms. The topological polar surface area (TPSA) is 47.6 Å². The van der Waals surface area contributed by atoms with E-state index in [2.05, 4.69) is 27.4 Å². The first-order valence-electron chi connectivity index (χ1n) is 7.75. The van der Waals surface area contributed by atoms with E-state index < -0.39 is 0 Å². The van der Waals surface area contributed by atoms with E-state index in [1.54, 1.807) is 0 Å². The molecule has 2 rings (SSSR count). The van der Waals surface area contributed by atoms with Crippen molar-refractivity contribution in [1.29, 1.82) is 0 Å². The van der Waals surface area contributed by atoms with Crippen LogP contribution in [0, 0.1) is 0 Å². The van der Waals surface area contributed by atoms with Crippen LogP contribution in [0.2, 0.25) is 0 Å². The van der Waals surface area contributed by atoms with Crippen LogP contribution in [0.3, 0.4) is 0 Å². The second-order valence-electron chi connectivity index (χ2n) is 5.57. The van der Waals surface area contributed by atoms with Gasteiger partial charge in [-0.2, -0.15) is 0 Å². The molecule has 1 atom stereocenters. The predicted molar refractivity (Wildman–Crippen MR) is 77.2 cm³/mol. The van der Waals surface area contributed by atoms with Gasteiger partial charge in [0.2, 0.25) is 5.91 Å². The molecule has 2 N–H and O–H groups in total. The first kappa shape index (κ1) is 14.8. The summed E-state index contributed by atoms with van der Waals surface area (Å²) in [6.07, 6.45) is 3.18. The molecule has 0 aromatic rings. The predicted octanol–water partition coefficient (Wildman–Crippen LogP) is -0.118. The van der Waals surface area contributed by atoms with Crippen molar-refractivity contribution in [3.63, 3.8) is 0 Å². The average Bonchev–Trinajstić information content (AvgIpc) is 2.98. The maximum atomic E-state index is 11.8. The van der Waals surface area contributed by atoms with E-state index in [0.717, 1.165) is 45.4 Å². The summed E-state index contributed by atoms with van der Waals surface area (Å²) in [7, 11) is 0. The minimum atomic E-state index is 0.0631. The Morgan fingerprint density at radius 1 is 1.26 bits per heavy atom. The summed E-state index contributed by atoms with van der Waals surface area (Å²) >= 11 is 0. The highest BCUT2D eigenvalue weighted by Crippen LogP contribution is 2.05. The van der Waals surface area contributed by atoms with Crippen LogP contribution in [0.25, 0.3) is 0 Å². The van der Waals surface area contributed by atoms with Gasteiger partial charge in [0.25, 0.3) is 0 Å². The first-order valence-corrected chi connectivity index (χ1v) is 7.75. The molecule has 2 saturated heterocycles. The summed E-state index contributed by atoms with van der Waals surface area (Å²) < 4.78 is 0. The van der Waals surface area contributed by atoms with E-state index in [1.807, 2.05) is 0 Å². The van der Waals surface area contributed by atoms with E-state index in [1.165, 1.54) is 26.2 Å². The van der Waals surface area contributed by atoms with Crippen molar-refractivity contribution in [3.8, 4) is 0 Å². The molecule has 1 amide bonds. The van der Waals surface area contributed by atoms with E-state index in [-0.39, 0.29) is 11.9 Å². The lowest BCUT2D eigenvalue weighted by Crippen LogP contribution is -2.47. The van der Waals surface area contributed by atoms with Crippen LogP contribution in [0.15, 0.2) is 0 Å². The molecule has 5 nitrogen and oxygen atoms in total. The number of hydrogen-bond donors (Lipinski definition) is 2. The molecule has 5 heteroatoms. The fraction of sp³-hybridized carbons (Fsp3) is 0.929. The number of nitrogens with one attached hydrogen (secondary N) is 2. The minimum absolute atomic E-state index is 0.0631. The van der Waals surface area contributed by atoms with Gasteiger partial charge in [0.05, 0.1) is 6.04 Å². The molecule has 0 bridgehead atoms. The Labute approximate surface area is 116 Å². The largest absolute Gasteiger partial charge is 0.355 e. The lowest BCUT2D eigenvalue weighted by atomic mass is 10.2. The molecule has 2 heterocycles. The summed E-state index contributed by atoms with van der Waals surface area (Å²) in [5.41, 5.74) is 0. The van der Waals surface area contributed by atoms with Gasteiger partial charge in [0.1, 0.15) is 0 Å².